The van der Waals surface area contributed by atoms with E-state index in [4.69, 9.17) is 10.00 Å². The van der Waals surface area contributed by atoms with Gasteiger partial charge in [-0.1, -0.05) is 30.3 Å². The van der Waals surface area contributed by atoms with E-state index in [9.17, 15) is 4.79 Å². The van der Waals surface area contributed by atoms with Crippen LogP contribution in [0.5, 0.6) is 5.75 Å². The molecule has 0 heterocycles. The summed E-state index contributed by atoms with van der Waals surface area (Å²) in [6.45, 7) is 5.57. The van der Waals surface area contributed by atoms with Crippen LogP contribution in [-0.2, 0) is 11.4 Å². The largest absolute Gasteiger partial charge is 0.489 e. The molecule has 4 nitrogen and oxygen atoms in total. The van der Waals surface area contributed by atoms with Gasteiger partial charge in [0.1, 0.15) is 17.8 Å². The van der Waals surface area contributed by atoms with Gasteiger partial charge in [0, 0.05) is 5.69 Å². The molecule has 118 valence electrons. The minimum absolute atomic E-state index is 0.318. The number of hydrogen-bond acceptors (Lipinski definition) is 3. The summed E-state index contributed by atoms with van der Waals surface area (Å²) in [5.41, 5.74) is 1.61. The molecule has 2 rings (SSSR count). The normalized spacial score (nSPS) is 10.7. The number of rotatable bonds is 5. The first-order valence-electron chi connectivity index (χ1n) is 7.42. The number of hydrogen-bond donors (Lipinski definition) is 1. The Kier molecular flexibility index (Phi) is 5.02. The number of anilines is 1. The molecule has 0 radical (unpaired) electrons. The summed E-state index contributed by atoms with van der Waals surface area (Å²) >= 11 is 0. The third-order valence-corrected chi connectivity index (χ3v) is 3.54. The third-order valence-electron chi connectivity index (χ3n) is 3.54. The second kappa shape index (κ2) is 6.97. The van der Waals surface area contributed by atoms with Crippen LogP contribution in [0.2, 0.25) is 0 Å². The molecule has 0 atom stereocenters. The summed E-state index contributed by atoms with van der Waals surface area (Å²) in [5.74, 6) is 0.421. The number of benzene rings is 2. The summed E-state index contributed by atoms with van der Waals surface area (Å²) in [7, 11) is 0. The molecule has 1 N–H and O–H groups in total. The molecule has 0 spiro atoms. The van der Waals surface area contributed by atoms with Gasteiger partial charge >= 0.3 is 0 Å². The van der Waals surface area contributed by atoms with Crippen molar-refractivity contribution < 1.29 is 9.53 Å². The zero-order chi connectivity index (χ0) is 16.9. The van der Waals surface area contributed by atoms with Gasteiger partial charge in [-0.2, -0.15) is 5.26 Å². The van der Waals surface area contributed by atoms with E-state index in [0.29, 0.717) is 12.3 Å². The Morgan fingerprint density at radius 1 is 1.22 bits per heavy atom. The van der Waals surface area contributed by atoms with Crippen LogP contribution < -0.4 is 10.1 Å². The third kappa shape index (κ3) is 4.33. The Hall–Kier alpha value is -2.80. The van der Waals surface area contributed by atoms with Crippen LogP contribution in [0.1, 0.15) is 25.0 Å². The van der Waals surface area contributed by atoms with E-state index >= 15 is 0 Å². The second-order valence-electron chi connectivity index (χ2n) is 5.94. The molecular weight excluding hydrogens is 288 g/mol. The molecule has 2 aromatic rings. The summed E-state index contributed by atoms with van der Waals surface area (Å²) in [4.78, 5) is 12.0. The van der Waals surface area contributed by atoms with Gasteiger partial charge in [0.25, 0.3) is 0 Å². The fourth-order valence-electron chi connectivity index (χ4n) is 1.94. The van der Waals surface area contributed by atoms with Crippen LogP contribution in [0.15, 0.2) is 48.5 Å². The molecule has 23 heavy (non-hydrogen) atoms. The zero-order valence-corrected chi connectivity index (χ0v) is 13.6. The highest BCUT2D eigenvalue weighted by molar-refractivity contribution is 5.97. The van der Waals surface area contributed by atoms with Crippen LogP contribution in [0.4, 0.5) is 5.69 Å². The van der Waals surface area contributed by atoms with E-state index in [0.717, 1.165) is 16.9 Å². The first-order valence-corrected chi connectivity index (χ1v) is 7.42. The number of carbonyl (C=O) groups excluding carboxylic acids is 1. The zero-order valence-electron chi connectivity index (χ0n) is 13.6. The maximum absolute atomic E-state index is 12.0. The van der Waals surface area contributed by atoms with Crippen LogP contribution in [0, 0.1) is 23.7 Å². The van der Waals surface area contributed by atoms with Gasteiger partial charge in [0.05, 0.1) is 6.07 Å². The number of aryl methyl sites for hydroxylation is 1. The first-order chi connectivity index (χ1) is 10.9. The minimum Gasteiger partial charge on any atom is -0.489 e. The quantitative estimate of drug-likeness (QED) is 0.906. The number of amides is 1. The summed E-state index contributed by atoms with van der Waals surface area (Å²) in [6.07, 6.45) is 0. The predicted molar refractivity (Wildman–Crippen MR) is 90.0 cm³/mol. The van der Waals surface area contributed by atoms with Gasteiger partial charge in [-0.3, -0.25) is 4.79 Å². The molecule has 0 unspecified atom stereocenters. The van der Waals surface area contributed by atoms with E-state index in [-0.39, 0.29) is 5.91 Å². The molecule has 0 aromatic heterocycles. The lowest BCUT2D eigenvalue weighted by Gasteiger charge is -2.17. The van der Waals surface area contributed by atoms with Crippen molar-refractivity contribution in [3.63, 3.8) is 0 Å². The highest BCUT2D eigenvalue weighted by atomic mass is 16.5. The fourth-order valence-corrected chi connectivity index (χ4v) is 1.94. The first kappa shape index (κ1) is 16.6. The molecule has 0 saturated carbocycles. The Balaban J connectivity index is 2.03. The van der Waals surface area contributed by atoms with Crippen molar-refractivity contribution >= 4 is 11.6 Å². The molecule has 0 bridgehead atoms. The molecule has 0 aliphatic rings. The summed E-state index contributed by atoms with van der Waals surface area (Å²) in [6, 6.07) is 17.4. The van der Waals surface area contributed by atoms with Crippen LogP contribution in [0.25, 0.3) is 0 Å². The van der Waals surface area contributed by atoms with Crippen molar-refractivity contribution in [3.8, 4) is 11.8 Å². The monoisotopic (exact) mass is 308 g/mol. The van der Waals surface area contributed by atoms with Crippen molar-refractivity contribution in [2.75, 3.05) is 5.32 Å². The summed E-state index contributed by atoms with van der Waals surface area (Å²) < 4.78 is 5.76. The van der Waals surface area contributed by atoms with Gasteiger partial charge in [-0.05, 0) is 50.1 Å². The number of nitrogens with zero attached hydrogens (tertiary/aromatic N) is 1. The van der Waals surface area contributed by atoms with Gasteiger partial charge in [-0.25, -0.2) is 0 Å². The van der Waals surface area contributed by atoms with E-state index in [1.54, 1.807) is 19.9 Å². The Labute approximate surface area is 136 Å². The molecule has 4 heteroatoms. The van der Waals surface area contributed by atoms with Crippen molar-refractivity contribution in [3.05, 3.63) is 59.7 Å². The van der Waals surface area contributed by atoms with Crippen LogP contribution in [-0.4, -0.2) is 5.91 Å². The Morgan fingerprint density at radius 3 is 2.52 bits per heavy atom. The second-order valence-corrected chi connectivity index (χ2v) is 5.94. The number of ether oxygens (including phenoxy) is 1. The molecular formula is C19H20N2O2. The number of carbonyl (C=O) groups is 1. The lowest BCUT2D eigenvalue weighted by Crippen LogP contribution is -2.29. The van der Waals surface area contributed by atoms with Gasteiger partial charge in [0.2, 0.25) is 5.91 Å². The van der Waals surface area contributed by atoms with Crippen molar-refractivity contribution in [2.24, 2.45) is 5.41 Å². The average Bonchev–Trinajstić information content (AvgIpc) is 2.56. The van der Waals surface area contributed by atoms with Gasteiger partial charge < -0.3 is 10.1 Å². The smallest absolute Gasteiger partial charge is 0.244 e. The van der Waals surface area contributed by atoms with Crippen molar-refractivity contribution in [2.45, 2.75) is 27.4 Å². The molecule has 2 aromatic carbocycles. The Morgan fingerprint density at radius 2 is 1.91 bits per heavy atom. The molecule has 0 aliphatic carbocycles. The van der Waals surface area contributed by atoms with E-state index in [2.05, 4.69) is 5.32 Å². The van der Waals surface area contributed by atoms with E-state index < -0.39 is 5.41 Å². The number of nitriles is 1. The standard InChI is InChI=1S/C19H20N2O2/c1-14-11-16(23-12-15-7-5-4-6-8-15)9-10-17(14)21-18(22)19(2,3)13-20/h4-11H,12H2,1-3H3,(H,21,22). The minimum atomic E-state index is -1.06. The maximum Gasteiger partial charge on any atom is 0.244 e. The highest BCUT2D eigenvalue weighted by Gasteiger charge is 2.27. The van der Waals surface area contributed by atoms with Crippen molar-refractivity contribution in [1.29, 1.82) is 5.26 Å². The number of nitrogens with one attached hydrogen (secondary N) is 1. The lowest BCUT2D eigenvalue weighted by molar-refractivity contribution is -0.121. The topological polar surface area (TPSA) is 62.1 Å². The van der Waals surface area contributed by atoms with Gasteiger partial charge in [0.15, 0.2) is 0 Å². The maximum atomic E-state index is 12.0. The average molecular weight is 308 g/mol. The predicted octanol–water partition coefficient (Wildman–Crippen LogP) is 4.06. The molecule has 0 aliphatic heterocycles. The molecule has 1 amide bonds. The van der Waals surface area contributed by atoms with Gasteiger partial charge in [-0.15, -0.1) is 0 Å². The Bertz CT molecular complexity index is 731. The highest BCUT2D eigenvalue weighted by Crippen LogP contribution is 2.24. The van der Waals surface area contributed by atoms with E-state index in [1.807, 2.05) is 55.5 Å². The summed E-state index contributed by atoms with van der Waals surface area (Å²) in [5, 5.41) is 11.8. The van der Waals surface area contributed by atoms with Crippen LogP contribution >= 0.6 is 0 Å². The van der Waals surface area contributed by atoms with Crippen LogP contribution in [0.3, 0.4) is 0 Å². The molecule has 0 fully saturated rings. The lowest BCUT2D eigenvalue weighted by atomic mass is 9.94. The SMILES string of the molecule is Cc1cc(OCc2ccccc2)ccc1NC(=O)C(C)(C)C#N. The van der Waals surface area contributed by atoms with Crippen molar-refractivity contribution in [1.82, 2.24) is 0 Å². The molecule has 0 saturated heterocycles. The fraction of sp³-hybridized carbons (Fsp3) is 0.263. The van der Waals surface area contributed by atoms with E-state index in [1.165, 1.54) is 0 Å².